The number of morpholine rings is 1. The van der Waals surface area contributed by atoms with Crippen LogP contribution in [0.2, 0.25) is 0 Å². The monoisotopic (exact) mass is 250 g/mol. The number of aromatic nitrogens is 2. The van der Waals surface area contributed by atoms with Crippen molar-refractivity contribution in [3.8, 4) is 5.88 Å². The summed E-state index contributed by atoms with van der Waals surface area (Å²) in [4.78, 5) is 4.44. The van der Waals surface area contributed by atoms with Gasteiger partial charge in [-0.05, 0) is 13.1 Å². The first-order valence-corrected chi connectivity index (χ1v) is 6.33. The number of likely N-dealkylation sites (N-methyl/N-ethyl adjacent to an activating group) is 1. The standard InChI is InChI=1S/C12H18N4O2/c1-15-2-7-18-12-10(9-15)8-11(13-14-12)16-3-5-17-6-4-16/h8H,2-7,9H2,1H3. The van der Waals surface area contributed by atoms with E-state index in [1.807, 2.05) is 0 Å². The maximum Gasteiger partial charge on any atom is 0.238 e. The average Bonchev–Trinajstić information content (AvgIpc) is 2.59. The van der Waals surface area contributed by atoms with Crippen molar-refractivity contribution >= 4 is 5.82 Å². The molecule has 0 N–H and O–H groups in total. The molecule has 98 valence electrons. The fraction of sp³-hybridized carbons (Fsp3) is 0.667. The highest BCUT2D eigenvalue weighted by molar-refractivity contribution is 5.43. The van der Waals surface area contributed by atoms with Crippen molar-refractivity contribution in [2.45, 2.75) is 6.54 Å². The number of rotatable bonds is 1. The molecule has 3 rings (SSSR count). The second-order valence-corrected chi connectivity index (χ2v) is 4.72. The maximum atomic E-state index is 5.60. The van der Waals surface area contributed by atoms with Crippen LogP contribution in [0.25, 0.3) is 0 Å². The van der Waals surface area contributed by atoms with Gasteiger partial charge in [0.05, 0.1) is 13.2 Å². The largest absolute Gasteiger partial charge is 0.475 e. The van der Waals surface area contributed by atoms with Gasteiger partial charge in [-0.15, -0.1) is 10.2 Å². The second-order valence-electron chi connectivity index (χ2n) is 4.72. The Hall–Kier alpha value is -1.40. The number of anilines is 1. The molecule has 3 heterocycles. The van der Waals surface area contributed by atoms with E-state index in [1.165, 1.54) is 0 Å². The van der Waals surface area contributed by atoms with Crippen molar-refractivity contribution in [3.05, 3.63) is 11.6 Å². The molecule has 0 aromatic carbocycles. The van der Waals surface area contributed by atoms with Crippen LogP contribution in [0, 0.1) is 0 Å². The van der Waals surface area contributed by atoms with E-state index in [1.54, 1.807) is 0 Å². The molecule has 0 spiro atoms. The molecule has 1 aromatic rings. The minimum absolute atomic E-state index is 0.676. The first kappa shape index (κ1) is 11.7. The summed E-state index contributed by atoms with van der Waals surface area (Å²) in [6, 6.07) is 2.09. The van der Waals surface area contributed by atoms with Gasteiger partial charge in [-0.1, -0.05) is 0 Å². The molecule has 18 heavy (non-hydrogen) atoms. The highest BCUT2D eigenvalue weighted by Gasteiger charge is 2.18. The SMILES string of the molecule is CN1CCOc2nnc(N3CCOCC3)cc2C1. The molecule has 1 fully saturated rings. The highest BCUT2D eigenvalue weighted by atomic mass is 16.5. The van der Waals surface area contributed by atoms with E-state index < -0.39 is 0 Å². The fourth-order valence-electron chi connectivity index (χ4n) is 2.26. The minimum atomic E-state index is 0.676. The molecule has 0 atom stereocenters. The Morgan fingerprint density at radius 2 is 1.94 bits per heavy atom. The highest BCUT2D eigenvalue weighted by Crippen LogP contribution is 2.23. The van der Waals surface area contributed by atoms with Gasteiger partial charge in [-0.25, -0.2) is 0 Å². The Labute approximate surface area is 106 Å². The van der Waals surface area contributed by atoms with Crippen molar-refractivity contribution in [1.29, 1.82) is 0 Å². The predicted molar refractivity (Wildman–Crippen MR) is 66.9 cm³/mol. The summed E-state index contributed by atoms with van der Waals surface area (Å²) in [5.74, 6) is 1.60. The molecule has 0 unspecified atom stereocenters. The summed E-state index contributed by atoms with van der Waals surface area (Å²) < 4.78 is 11.0. The smallest absolute Gasteiger partial charge is 0.238 e. The van der Waals surface area contributed by atoms with Gasteiger partial charge in [0.15, 0.2) is 5.82 Å². The maximum absolute atomic E-state index is 5.60. The van der Waals surface area contributed by atoms with Gasteiger partial charge < -0.3 is 14.4 Å². The van der Waals surface area contributed by atoms with Crippen molar-refractivity contribution in [3.63, 3.8) is 0 Å². The summed E-state index contributed by atoms with van der Waals surface area (Å²) in [6.07, 6.45) is 0. The Morgan fingerprint density at radius 3 is 2.78 bits per heavy atom. The zero-order valence-electron chi connectivity index (χ0n) is 10.6. The van der Waals surface area contributed by atoms with E-state index >= 15 is 0 Å². The lowest BCUT2D eigenvalue weighted by Gasteiger charge is -2.27. The third-order valence-corrected chi connectivity index (χ3v) is 3.31. The Kier molecular flexibility index (Phi) is 3.29. The molecule has 6 heteroatoms. The van der Waals surface area contributed by atoms with Crippen LogP contribution in [-0.2, 0) is 11.3 Å². The molecule has 2 aliphatic heterocycles. The van der Waals surface area contributed by atoms with Gasteiger partial charge in [-0.3, -0.25) is 4.90 Å². The molecule has 0 aliphatic carbocycles. The van der Waals surface area contributed by atoms with E-state index in [0.29, 0.717) is 12.5 Å². The van der Waals surface area contributed by atoms with Gasteiger partial charge in [0, 0.05) is 31.7 Å². The molecule has 1 aromatic heterocycles. The zero-order chi connectivity index (χ0) is 12.4. The number of fused-ring (bicyclic) bond motifs is 1. The van der Waals surface area contributed by atoms with Crippen molar-refractivity contribution < 1.29 is 9.47 Å². The van der Waals surface area contributed by atoms with Gasteiger partial charge in [0.1, 0.15) is 6.61 Å². The molecule has 0 bridgehead atoms. The first-order valence-electron chi connectivity index (χ1n) is 6.33. The Morgan fingerprint density at radius 1 is 1.11 bits per heavy atom. The van der Waals surface area contributed by atoms with Gasteiger partial charge in [0.25, 0.3) is 0 Å². The molecule has 0 radical (unpaired) electrons. The Balaban J connectivity index is 1.84. The first-order chi connectivity index (χ1) is 8.83. The lowest BCUT2D eigenvalue weighted by atomic mass is 10.2. The number of hydrogen-bond donors (Lipinski definition) is 0. The normalized spacial score (nSPS) is 21.1. The lowest BCUT2D eigenvalue weighted by Crippen LogP contribution is -2.37. The summed E-state index contributed by atoms with van der Waals surface area (Å²) in [5.41, 5.74) is 1.12. The average molecular weight is 250 g/mol. The topological polar surface area (TPSA) is 50.7 Å². The predicted octanol–water partition coefficient (Wildman–Crippen LogP) is 0.137. The van der Waals surface area contributed by atoms with E-state index in [2.05, 4.69) is 33.1 Å². The van der Waals surface area contributed by atoms with E-state index in [-0.39, 0.29) is 0 Å². The molecule has 2 aliphatic rings. The van der Waals surface area contributed by atoms with Crippen LogP contribution in [0.15, 0.2) is 6.07 Å². The number of ether oxygens (including phenoxy) is 2. The minimum Gasteiger partial charge on any atom is -0.475 e. The van der Waals surface area contributed by atoms with Crippen LogP contribution in [-0.4, -0.2) is 61.6 Å². The zero-order valence-corrected chi connectivity index (χ0v) is 10.6. The second kappa shape index (κ2) is 5.07. The molecule has 6 nitrogen and oxygen atoms in total. The van der Waals surface area contributed by atoms with Crippen LogP contribution >= 0.6 is 0 Å². The van der Waals surface area contributed by atoms with Crippen molar-refractivity contribution in [2.75, 3.05) is 51.4 Å². The summed E-state index contributed by atoms with van der Waals surface area (Å²) in [6.45, 7) is 5.74. The summed E-state index contributed by atoms with van der Waals surface area (Å²) in [5, 5.41) is 8.47. The fourth-order valence-corrected chi connectivity index (χ4v) is 2.26. The van der Waals surface area contributed by atoms with Crippen LogP contribution in [0.5, 0.6) is 5.88 Å². The van der Waals surface area contributed by atoms with Crippen LogP contribution in [0.1, 0.15) is 5.56 Å². The van der Waals surface area contributed by atoms with E-state index in [9.17, 15) is 0 Å². The summed E-state index contributed by atoms with van der Waals surface area (Å²) in [7, 11) is 2.09. The van der Waals surface area contributed by atoms with Crippen LogP contribution in [0.3, 0.4) is 0 Å². The summed E-state index contributed by atoms with van der Waals surface area (Å²) >= 11 is 0. The Bertz CT molecular complexity index is 421. The van der Waals surface area contributed by atoms with Gasteiger partial charge >= 0.3 is 0 Å². The van der Waals surface area contributed by atoms with Crippen molar-refractivity contribution in [1.82, 2.24) is 15.1 Å². The number of nitrogens with zero attached hydrogens (tertiary/aromatic N) is 4. The van der Waals surface area contributed by atoms with E-state index in [4.69, 9.17) is 9.47 Å². The van der Waals surface area contributed by atoms with Crippen LogP contribution < -0.4 is 9.64 Å². The van der Waals surface area contributed by atoms with Crippen molar-refractivity contribution in [2.24, 2.45) is 0 Å². The molecular formula is C12H18N4O2. The van der Waals surface area contributed by atoms with Gasteiger partial charge in [0.2, 0.25) is 5.88 Å². The van der Waals surface area contributed by atoms with Crippen LogP contribution in [0.4, 0.5) is 5.82 Å². The molecule has 1 saturated heterocycles. The molecule has 0 amide bonds. The van der Waals surface area contributed by atoms with E-state index in [0.717, 1.165) is 50.8 Å². The molecule has 0 saturated carbocycles. The van der Waals surface area contributed by atoms with Gasteiger partial charge in [-0.2, -0.15) is 0 Å². The lowest BCUT2D eigenvalue weighted by molar-refractivity contribution is 0.122. The molecular weight excluding hydrogens is 232 g/mol. The quantitative estimate of drug-likeness (QED) is 0.706. The third-order valence-electron chi connectivity index (χ3n) is 3.31. The third kappa shape index (κ3) is 2.39. The number of hydrogen-bond acceptors (Lipinski definition) is 6.